The predicted molar refractivity (Wildman–Crippen MR) is 135 cm³/mol. The Labute approximate surface area is 209 Å². The van der Waals surface area contributed by atoms with Gasteiger partial charge in [0.2, 0.25) is 0 Å². The summed E-state index contributed by atoms with van der Waals surface area (Å²) >= 11 is 0. The summed E-state index contributed by atoms with van der Waals surface area (Å²) in [6.45, 7) is 5.44. The predicted octanol–water partition coefficient (Wildman–Crippen LogP) is 2.91. The van der Waals surface area contributed by atoms with Gasteiger partial charge in [-0.15, -0.1) is 0 Å². The smallest absolute Gasteiger partial charge is 0.326 e. The molecule has 0 saturated heterocycles. The van der Waals surface area contributed by atoms with E-state index in [-0.39, 0.29) is 17.2 Å². The maximum atomic E-state index is 12.9. The molecule has 0 bridgehead atoms. The van der Waals surface area contributed by atoms with E-state index in [9.17, 15) is 24.3 Å². The highest BCUT2D eigenvalue weighted by Crippen LogP contribution is 2.35. The van der Waals surface area contributed by atoms with Crippen molar-refractivity contribution in [3.05, 3.63) is 65.4 Å². The number of aromatic nitrogens is 1. The van der Waals surface area contributed by atoms with Crippen LogP contribution in [0.4, 0.5) is 0 Å². The summed E-state index contributed by atoms with van der Waals surface area (Å²) in [7, 11) is 0. The second kappa shape index (κ2) is 11.5. The number of ether oxygens (including phenoxy) is 1. The highest BCUT2D eigenvalue weighted by molar-refractivity contribution is 6.45. The summed E-state index contributed by atoms with van der Waals surface area (Å²) in [5.74, 6) is -3.71. The zero-order chi connectivity index (χ0) is 26.4. The van der Waals surface area contributed by atoms with Crippen LogP contribution in [0.5, 0.6) is 5.75 Å². The van der Waals surface area contributed by atoms with Gasteiger partial charge in [0.25, 0.3) is 17.6 Å². The number of ketones is 1. The van der Waals surface area contributed by atoms with Crippen LogP contribution < -0.4 is 15.8 Å². The van der Waals surface area contributed by atoms with Crippen LogP contribution in [0.3, 0.4) is 0 Å². The topological polar surface area (TPSA) is 141 Å². The fourth-order valence-electron chi connectivity index (χ4n) is 4.26. The van der Waals surface area contributed by atoms with Gasteiger partial charge in [0.05, 0.1) is 16.5 Å². The molecular formula is C27H31N3O6. The SMILES string of the molecule is CCc1c(C(=O)C(N)=O)c2c(OCC(=O)N[C@H](C(=O)O)C(C)CC)cccc2n1Cc1ccccc1. The van der Waals surface area contributed by atoms with Gasteiger partial charge in [0, 0.05) is 12.2 Å². The Morgan fingerprint density at radius 2 is 1.75 bits per heavy atom. The molecule has 1 heterocycles. The fourth-order valence-corrected chi connectivity index (χ4v) is 4.26. The van der Waals surface area contributed by atoms with Gasteiger partial charge in [0.1, 0.15) is 11.8 Å². The van der Waals surface area contributed by atoms with Gasteiger partial charge in [0.15, 0.2) is 6.61 Å². The molecule has 2 atom stereocenters. The van der Waals surface area contributed by atoms with Crippen molar-refractivity contribution in [1.82, 2.24) is 9.88 Å². The minimum absolute atomic E-state index is 0.148. The highest BCUT2D eigenvalue weighted by Gasteiger charge is 2.28. The minimum atomic E-state index is -1.13. The minimum Gasteiger partial charge on any atom is -0.483 e. The molecule has 9 heteroatoms. The third-order valence-electron chi connectivity index (χ3n) is 6.28. The second-order valence-corrected chi connectivity index (χ2v) is 8.65. The molecule has 1 aromatic heterocycles. The number of amides is 2. The number of aliphatic carboxylic acids is 1. The summed E-state index contributed by atoms with van der Waals surface area (Å²) < 4.78 is 7.73. The number of nitrogens with zero attached hydrogens (tertiary/aromatic N) is 1. The zero-order valence-corrected chi connectivity index (χ0v) is 20.6. The van der Waals surface area contributed by atoms with Crippen LogP contribution in [0.2, 0.25) is 0 Å². The van der Waals surface area contributed by atoms with Gasteiger partial charge in [-0.05, 0) is 30.0 Å². The third-order valence-corrected chi connectivity index (χ3v) is 6.28. The molecule has 0 saturated carbocycles. The van der Waals surface area contributed by atoms with E-state index in [1.54, 1.807) is 19.1 Å². The molecule has 0 fully saturated rings. The average molecular weight is 494 g/mol. The first kappa shape index (κ1) is 26.5. The summed E-state index contributed by atoms with van der Waals surface area (Å²) in [5.41, 5.74) is 7.81. The van der Waals surface area contributed by atoms with Crippen molar-refractivity contribution in [1.29, 1.82) is 0 Å². The number of carboxylic acid groups (broad SMARTS) is 1. The van der Waals surface area contributed by atoms with E-state index in [1.165, 1.54) is 0 Å². The highest BCUT2D eigenvalue weighted by atomic mass is 16.5. The first-order valence-electron chi connectivity index (χ1n) is 11.9. The normalized spacial score (nSPS) is 12.6. The summed E-state index contributed by atoms with van der Waals surface area (Å²) in [6, 6.07) is 13.8. The number of carbonyl (C=O) groups is 4. The van der Waals surface area contributed by atoms with Crippen molar-refractivity contribution in [2.45, 2.75) is 46.2 Å². The molecule has 2 aromatic carbocycles. The van der Waals surface area contributed by atoms with Crippen LogP contribution in [0.15, 0.2) is 48.5 Å². The van der Waals surface area contributed by atoms with Gasteiger partial charge in [-0.3, -0.25) is 14.4 Å². The van der Waals surface area contributed by atoms with Crippen molar-refractivity contribution >= 4 is 34.5 Å². The Morgan fingerprint density at radius 1 is 1.06 bits per heavy atom. The standard InChI is InChI=1S/C27H31N3O6/c1-4-16(3)24(27(34)35)29-21(31)15-36-20-13-9-12-19-22(20)23(25(32)26(28)33)18(5-2)30(19)14-17-10-7-6-8-11-17/h6-13,16,24H,4-5,14-15H2,1-3H3,(H2,28,33)(H,29,31)(H,34,35)/t16?,24-/m0/s1. The van der Waals surface area contributed by atoms with Gasteiger partial charge >= 0.3 is 5.97 Å². The van der Waals surface area contributed by atoms with Crippen molar-refractivity contribution in [2.24, 2.45) is 11.7 Å². The molecule has 3 aromatic rings. The lowest BCUT2D eigenvalue weighted by molar-refractivity contribution is -0.143. The number of nitrogens with one attached hydrogen (secondary N) is 1. The first-order chi connectivity index (χ1) is 17.2. The number of nitrogens with two attached hydrogens (primary N) is 1. The Hall–Kier alpha value is -4.14. The lowest BCUT2D eigenvalue weighted by atomic mass is 9.99. The first-order valence-corrected chi connectivity index (χ1v) is 11.9. The number of hydrogen-bond acceptors (Lipinski definition) is 5. The van der Waals surface area contributed by atoms with Gasteiger partial charge in [-0.25, -0.2) is 4.79 Å². The number of Topliss-reactive ketones (excluding diaryl/α,β-unsaturated/α-hetero) is 1. The molecule has 0 aliphatic heterocycles. The molecule has 1 unspecified atom stereocenters. The largest absolute Gasteiger partial charge is 0.483 e. The Bertz CT molecular complexity index is 1280. The van der Waals surface area contributed by atoms with Gasteiger partial charge < -0.3 is 25.5 Å². The number of primary amides is 1. The van der Waals surface area contributed by atoms with Crippen LogP contribution in [0.25, 0.3) is 10.9 Å². The maximum absolute atomic E-state index is 12.9. The molecule has 2 amide bonds. The van der Waals surface area contributed by atoms with E-state index < -0.39 is 36.2 Å². The molecule has 4 N–H and O–H groups in total. The monoisotopic (exact) mass is 493 g/mol. The fraction of sp³-hybridized carbons (Fsp3) is 0.333. The molecule has 0 aliphatic rings. The molecule has 0 radical (unpaired) electrons. The van der Waals surface area contributed by atoms with Crippen molar-refractivity contribution < 1.29 is 29.0 Å². The number of carboxylic acids is 1. The number of hydrogen-bond donors (Lipinski definition) is 3. The lowest BCUT2D eigenvalue weighted by Gasteiger charge is -2.20. The van der Waals surface area contributed by atoms with E-state index in [1.807, 2.05) is 54.8 Å². The van der Waals surface area contributed by atoms with Crippen molar-refractivity contribution in [2.75, 3.05) is 6.61 Å². The molecule has 36 heavy (non-hydrogen) atoms. The molecule has 0 aliphatic carbocycles. The van der Waals surface area contributed by atoms with Crippen LogP contribution in [0.1, 0.15) is 48.8 Å². The Kier molecular flexibility index (Phi) is 8.47. The molecular weight excluding hydrogens is 462 g/mol. The van der Waals surface area contributed by atoms with Crippen LogP contribution >= 0.6 is 0 Å². The summed E-state index contributed by atoms with van der Waals surface area (Å²) in [6.07, 6.45) is 1.02. The number of carbonyl (C=O) groups excluding carboxylic acids is 3. The van der Waals surface area contributed by atoms with E-state index in [4.69, 9.17) is 10.5 Å². The van der Waals surface area contributed by atoms with Crippen LogP contribution in [-0.2, 0) is 27.3 Å². The van der Waals surface area contributed by atoms with Crippen molar-refractivity contribution in [3.63, 3.8) is 0 Å². The molecule has 3 rings (SSSR count). The van der Waals surface area contributed by atoms with Crippen LogP contribution in [0, 0.1) is 5.92 Å². The van der Waals surface area contributed by atoms with E-state index in [2.05, 4.69) is 5.32 Å². The Balaban J connectivity index is 2.02. The molecule has 190 valence electrons. The van der Waals surface area contributed by atoms with Crippen LogP contribution in [-0.4, -0.2) is 45.9 Å². The van der Waals surface area contributed by atoms with E-state index in [0.29, 0.717) is 36.0 Å². The number of benzene rings is 2. The molecule has 0 spiro atoms. The molecule has 9 nitrogen and oxygen atoms in total. The van der Waals surface area contributed by atoms with E-state index in [0.717, 1.165) is 5.56 Å². The number of fused-ring (bicyclic) bond motifs is 1. The lowest BCUT2D eigenvalue weighted by Crippen LogP contribution is -2.46. The average Bonchev–Trinajstić information content (AvgIpc) is 3.18. The maximum Gasteiger partial charge on any atom is 0.326 e. The van der Waals surface area contributed by atoms with Gasteiger partial charge in [-0.2, -0.15) is 0 Å². The van der Waals surface area contributed by atoms with Gasteiger partial charge in [-0.1, -0.05) is 63.6 Å². The zero-order valence-electron chi connectivity index (χ0n) is 20.6. The van der Waals surface area contributed by atoms with E-state index >= 15 is 0 Å². The Morgan fingerprint density at radius 3 is 2.33 bits per heavy atom. The third kappa shape index (κ3) is 5.56. The van der Waals surface area contributed by atoms with Crippen molar-refractivity contribution in [3.8, 4) is 5.75 Å². The quantitative estimate of drug-likeness (QED) is 0.262. The summed E-state index contributed by atoms with van der Waals surface area (Å²) in [4.78, 5) is 49.0. The number of rotatable bonds is 12. The summed E-state index contributed by atoms with van der Waals surface area (Å²) in [5, 5.41) is 12.3. The second-order valence-electron chi connectivity index (χ2n) is 8.65.